The molecule has 1 unspecified atom stereocenters. The van der Waals surface area contributed by atoms with E-state index in [2.05, 4.69) is 10.0 Å². The Bertz CT molecular complexity index is 552. The molecule has 0 spiro atoms. The van der Waals surface area contributed by atoms with Crippen LogP contribution < -0.4 is 10.0 Å². The Hall–Kier alpha value is -1.11. The molecular weight excluding hydrogens is 286 g/mol. The van der Waals surface area contributed by atoms with Gasteiger partial charge < -0.3 is 5.32 Å². The zero-order valence-electron chi connectivity index (χ0n) is 12.8. The lowest BCUT2D eigenvalue weighted by molar-refractivity contribution is 0.427. The zero-order valence-corrected chi connectivity index (χ0v) is 13.6. The molecule has 1 aliphatic heterocycles. The average molecular weight is 311 g/mol. The summed E-state index contributed by atoms with van der Waals surface area (Å²) < 4.78 is 29.5. The van der Waals surface area contributed by atoms with Gasteiger partial charge in [-0.2, -0.15) is 12.7 Å². The maximum Gasteiger partial charge on any atom is 0.301 e. The van der Waals surface area contributed by atoms with Crippen molar-refractivity contribution in [1.29, 1.82) is 0 Å². The van der Waals surface area contributed by atoms with Gasteiger partial charge in [-0.25, -0.2) is 0 Å². The Balaban J connectivity index is 2.20. The van der Waals surface area contributed by atoms with Crippen LogP contribution in [0, 0.1) is 0 Å². The standard InChI is InChI=1S/C15H25N3O2S/c1-13(16-2)14-9-5-6-10-15(14)17-21(19,20)18-11-7-3-4-8-12-18/h5-6,9-10,13,16-17H,3-4,7-8,11-12H2,1-2H3. The van der Waals surface area contributed by atoms with Crippen molar-refractivity contribution >= 4 is 15.9 Å². The van der Waals surface area contributed by atoms with Crippen molar-refractivity contribution in [2.45, 2.75) is 38.6 Å². The smallest absolute Gasteiger partial charge is 0.301 e. The van der Waals surface area contributed by atoms with Crippen molar-refractivity contribution in [1.82, 2.24) is 9.62 Å². The minimum absolute atomic E-state index is 0.0908. The van der Waals surface area contributed by atoms with Crippen LogP contribution in [0.25, 0.3) is 0 Å². The zero-order chi connectivity index (χ0) is 15.3. The topological polar surface area (TPSA) is 61.4 Å². The molecule has 1 aromatic rings. The lowest BCUT2D eigenvalue weighted by Crippen LogP contribution is -2.37. The quantitative estimate of drug-likeness (QED) is 0.878. The van der Waals surface area contributed by atoms with Crippen LogP contribution in [-0.2, 0) is 10.2 Å². The molecule has 0 amide bonds. The molecular formula is C15H25N3O2S. The van der Waals surface area contributed by atoms with Gasteiger partial charge in [-0.3, -0.25) is 4.72 Å². The van der Waals surface area contributed by atoms with Crippen molar-refractivity contribution in [3.8, 4) is 0 Å². The molecule has 0 saturated carbocycles. The molecule has 1 aromatic carbocycles. The minimum Gasteiger partial charge on any atom is -0.313 e. The molecule has 21 heavy (non-hydrogen) atoms. The molecule has 5 nitrogen and oxygen atoms in total. The molecule has 0 radical (unpaired) electrons. The van der Waals surface area contributed by atoms with Crippen LogP contribution in [0.1, 0.15) is 44.2 Å². The highest BCUT2D eigenvalue weighted by molar-refractivity contribution is 7.90. The summed E-state index contributed by atoms with van der Waals surface area (Å²) in [5.74, 6) is 0. The SMILES string of the molecule is CNC(C)c1ccccc1NS(=O)(=O)N1CCCCCC1. The number of hydrogen-bond acceptors (Lipinski definition) is 3. The summed E-state index contributed by atoms with van der Waals surface area (Å²) in [7, 11) is -1.60. The van der Waals surface area contributed by atoms with E-state index in [0.717, 1.165) is 31.2 Å². The molecule has 0 aromatic heterocycles. The summed E-state index contributed by atoms with van der Waals surface area (Å²) in [5.41, 5.74) is 1.61. The van der Waals surface area contributed by atoms with Gasteiger partial charge in [-0.1, -0.05) is 31.0 Å². The fraction of sp³-hybridized carbons (Fsp3) is 0.600. The normalized spacial score (nSPS) is 19.0. The van der Waals surface area contributed by atoms with E-state index in [1.54, 1.807) is 4.31 Å². The number of hydrogen-bond donors (Lipinski definition) is 2. The van der Waals surface area contributed by atoms with E-state index >= 15 is 0 Å². The molecule has 1 aliphatic rings. The highest BCUT2D eigenvalue weighted by Crippen LogP contribution is 2.24. The van der Waals surface area contributed by atoms with Gasteiger partial charge in [-0.05, 0) is 38.4 Å². The molecule has 1 heterocycles. The Morgan fingerprint density at radius 3 is 2.33 bits per heavy atom. The van der Waals surface area contributed by atoms with E-state index in [0.29, 0.717) is 18.8 Å². The third-order valence-electron chi connectivity index (χ3n) is 4.00. The molecule has 1 saturated heterocycles. The number of benzene rings is 1. The van der Waals surface area contributed by atoms with Crippen molar-refractivity contribution in [3.63, 3.8) is 0 Å². The van der Waals surface area contributed by atoms with Gasteiger partial charge >= 0.3 is 10.2 Å². The Kier molecular flexibility index (Phi) is 5.61. The first kappa shape index (κ1) is 16.3. The number of rotatable bonds is 5. The van der Waals surface area contributed by atoms with Gasteiger partial charge in [0.05, 0.1) is 5.69 Å². The lowest BCUT2D eigenvalue weighted by atomic mass is 10.1. The van der Waals surface area contributed by atoms with E-state index in [1.807, 2.05) is 38.2 Å². The fourth-order valence-electron chi connectivity index (χ4n) is 2.61. The summed E-state index contributed by atoms with van der Waals surface area (Å²) in [6, 6.07) is 7.63. The number of nitrogens with one attached hydrogen (secondary N) is 2. The molecule has 6 heteroatoms. The van der Waals surface area contributed by atoms with E-state index < -0.39 is 10.2 Å². The minimum atomic E-state index is -3.47. The summed E-state index contributed by atoms with van der Waals surface area (Å²) in [5, 5.41) is 3.15. The molecule has 0 aliphatic carbocycles. The van der Waals surface area contributed by atoms with Crippen molar-refractivity contribution in [3.05, 3.63) is 29.8 Å². The summed E-state index contributed by atoms with van der Waals surface area (Å²) in [4.78, 5) is 0. The number of para-hydroxylation sites is 1. The molecule has 1 atom stereocenters. The van der Waals surface area contributed by atoms with Gasteiger partial charge in [0.25, 0.3) is 0 Å². The van der Waals surface area contributed by atoms with Crippen LogP contribution in [0.2, 0.25) is 0 Å². The third-order valence-corrected chi connectivity index (χ3v) is 5.53. The largest absolute Gasteiger partial charge is 0.313 e. The van der Waals surface area contributed by atoms with Crippen LogP contribution in [0.4, 0.5) is 5.69 Å². The Morgan fingerprint density at radius 1 is 1.10 bits per heavy atom. The average Bonchev–Trinajstić information content (AvgIpc) is 2.76. The Labute approximate surface area is 127 Å². The van der Waals surface area contributed by atoms with E-state index in [9.17, 15) is 8.42 Å². The highest BCUT2D eigenvalue weighted by atomic mass is 32.2. The number of nitrogens with zero attached hydrogens (tertiary/aromatic N) is 1. The first-order valence-electron chi connectivity index (χ1n) is 7.58. The molecule has 2 N–H and O–H groups in total. The van der Waals surface area contributed by atoms with Gasteiger partial charge in [-0.15, -0.1) is 0 Å². The molecule has 118 valence electrons. The molecule has 0 bridgehead atoms. The van der Waals surface area contributed by atoms with Crippen molar-refractivity contribution in [2.24, 2.45) is 0 Å². The van der Waals surface area contributed by atoms with Crippen LogP contribution in [0.5, 0.6) is 0 Å². The van der Waals surface area contributed by atoms with Crippen molar-refractivity contribution in [2.75, 3.05) is 24.9 Å². The number of anilines is 1. The lowest BCUT2D eigenvalue weighted by Gasteiger charge is -2.23. The van der Waals surface area contributed by atoms with Gasteiger partial charge in [0.15, 0.2) is 0 Å². The predicted molar refractivity (Wildman–Crippen MR) is 86.5 cm³/mol. The Morgan fingerprint density at radius 2 is 1.71 bits per heavy atom. The maximum atomic E-state index is 12.6. The summed E-state index contributed by atoms with van der Waals surface area (Å²) in [6.07, 6.45) is 4.10. The second-order valence-electron chi connectivity index (χ2n) is 5.52. The van der Waals surface area contributed by atoms with Crippen molar-refractivity contribution < 1.29 is 8.42 Å². The first-order valence-corrected chi connectivity index (χ1v) is 9.02. The van der Waals surface area contributed by atoms with Gasteiger partial charge in [0.2, 0.25) is 0 Å². The second kappa shape index (κ2) is 7.24. The van der Waals surface area contributed by atoms with E-state index in [4.69, 9.17) is 0 Å². The maximum absolute atomic E-state index is 12.6. The second-order valence-corrected chi connectivity index (χ2v) is 7.19. The molecule has 2 rings (SSSR count). The third kappa shape index (κ3) is 4.18. The summed E-state index contributed by atoms with van der Waals surface area (Å²) >= 11 is 0. The fourth-order valence-corrected chi connectivity index (χ4v) is 3.94. The predicted octanol–water partition coefficient (Wildman–Crippen LogP) is 2.50. The van der Waals surface area contributed by atoms with E-state index in [-0.39, 0.29) is 6.04 Å². The van der Waals surface area contributed by atoms with Gasteiger partial charge in [0, 0.05) is 19.1 Å². The monoisotopic (exact) mass is 311 g/mol. The van der Waals surface area contributed by atoms with Crippen LogP contribution >= 0.6 is 0 Å². The summed E-state index contributed by atoms with van der Waals surface area (Å²) in [6.45, 7) is 3.23. The highest BCUT2D eigenvalue weighted by Gasteiger charge is 2.24. The van der Waals surface area contributed by atoms with E-state index in [1.165, 1.54) is 0 Å². The van der Waals surface area contributed by atoms with Crippen LogP contribution in [-0.4, -0.2) is 32.9 Å². The van der Waals surface area contributed by atoms with Crippen LogP contribution in [0.3, 0.4) is 0 Å². The van der Waals surface area contributed by atoms with Crippen LogP contribution in [0.15, 0.2) is 24.3 Å². The first-order chi connectivity index (χ1) is 10.0. The van der Waals surface area contributed by atoms with Gasteiger partial charge in [0.1, 0.15) is 0 Å². The molecule has 1 fully saturated rings.